The van der Waals surface area contributed by atoms with Gasteiger partial charge in [-0.05, 0) is 43.2 Å². The summed E-state index contributed by atoms with van der Waals surface area (Å²) in [6.45, 7) is 2.63. The minimum absolute atomic E-state index is 0.126. The summed E-state index contributed by atoms with van der Waals surface area (Å²) in [4.78, 5) is 23.0. The molecule has 1 amide bonds. The summed E-state index contributed by atoms with van der Waals surface area (Å²) in [5.41, 5.74) is 0.964. The molecule has 0 saturated carbocycles. The monoisotopic (exact) mass is 373 g/mol. The smallest absolute Gasteiger partial charge is 0.335 e. The minimum atomic E-state index is -1.02. The Labute approximate surface area is 157 Å². The Morgan fingerprint density at radius 3 is 2.37 bits per heavy atom. The number of ether oxygens (including phenoxy) is 3. The zero-order chi connectivity index (χ0) is 19.6. The molecule has 7 nitrogen and oxygen atoms in total. The number of carbonyl (C=O) groups excluding carboxylic acids is 1. The second-order valence-electron chi connectivity index (χ2n) is 5.60. The molecule has 0 fully saturated rings. The molecule has 0 spiro atoms. The predicted octanol–water partition coefficient (Wildman–Crippen LogP) is 2.53. The van der Waals surface area contributed by atoms with E-state index >= 15 is 0 Å². The SMILES string of the molecule is CCOc1ccccc1OCC(=O)NCCc1ccc(C(=O)O)cc1OC. The Morgan fingerprint density at radius 1 is 1.04 bits per heavy atom. The average Bonchev–Trinajstić information content (AvgIpc) is 2.67. The largest absolute Gasteiger partial charge is 0.496 e. The molecule has 0 atom stereocenters. The average molecular weight is 373 g/mol. The summed E-state index contributed by atoms with van der Waals surface area (Å²) in [5.74, 6) is 0.308. The van der Waals surface area contributed by atoms with Crippen molar-refractivity contribution in [3.63, 3.8) is 0 Å². The Hall–Kier alpha value is -3.22. The van der Waals surface area contributed by atoms with Crippen LogP contribution in [0.2, 0.25) is 0 Å². The van der Waals surface area contributed by atoms with Crippen molar-refractivity contribution < 1.29 is 28.9 Å². The molecule has 0 saturated heterocycles. The lowest BCUT2D eigenvalue weighted by Crippen LogP contribution is -2.30. The lowest BCUT2D eigenvalue weighted by Gasteiger charge is -2.12. The van der Waals surface area contributed by atoms with Gasteiger partial charge in [-0.15, -0.1) is 0 Å². The molecule has 0 unspecified atom stereocenters. The number of hydrogen-bond donors (Lipinski definition) is 2. The number of rotatable bonds is 10. The summed E-state index contributed by atoms with van der Waals surface area (Å²) in [5, 5.41) is 11.8. The fourth-order valence-corrected chi connectivity index (χ4v) is 2.46. The number of carboxylic acids is 1. The molecule has 7 heteroatoms. The van der Waals surface area contributed by atoms with Crippen LogP contribution in [0.3, 0.4) is 0 Å². The number of methoxy groups -OCH3 is 1. The highest BCUT2D eigenvalue weighted by Crippen LogP contribution is 2.26. The van der Waals surface area contributed by atoms with E-state index in [1.54, 1.807) is 18.2 Å². The molecule has 2 aromatic rings. The van der Waals surface area contributed by atoms with Crippen LogP contribution >= 0.6 is 0 Å². The van der Waals surface area contributed by atoms with Crippen LogP contribution in [-0.4, -0.2) is 43.9 Å². The zero-order valence-corrected chi connectivity index (χ0v) is 15.4. The Morgan fingerprint density at radius 2 is 1.74 bits per heavy atom. The summed E-state index contributed by atoms with van der Waals surface area (Å²) in [7, 11) is 1.48. The van der Waals surface area contributed by atoms with E-state index < -0.39 is 5.97 Å². The quantitative estimate of drug-likeness (QED) is 0.665. The summed E-state index contributed by atoms with van der Waals surface area (Å²) >= 11 is 0. The molecule has 0 aliphatic rings. The van der Waals surface area contributed by atoms with Gasteiger partial charge in [-0.25, -0.2) is 4.79 Å². The van der Waals surface area contributed by atoms with Crippen LogP contribution in [0.15, 0.2) is 42.5 Å². The van der Waals surface area contributed by atoms with Gasteiger partial charge in [0.1, 0.15) is 5.75 Å². The van der Waals surface area contributed by atoms with Crippen LogP contribution in [0.5, 0.6) is 17.2 Å². The van der Waals surface area contributed by atoms with Crippen molar-refractivity contribution in [3.8, 4) is 17.2 Å². The number of carboxylic acid groups (broad SMARTS) is 1. The van der Waals surface area contributed by atoms with Crippen molar-refractivity contribution in [3.05, 3.63) is 53.6 Å². The van der Waals surface area contributed by atoms with Crippen molar-refractivity contribution in [1.29, 1.82) is 0 Å². The Balaban J connectivity index is 1.84. The number of aromatic carboxylic acids is 1. The van der Waals surface area contributed by atoms with Crippen molar-refractivity contribution in [2.75, 3.05) is 26.9 Å². The fraction of sp³-hybridized carbons (Fsp3) is 0.300. The number of benzene rings is 2. The van der Waals surface area contributed by atoms with Crippen LogP contribution < -0.4 is 19.5 Å². The van der Waals surface area contributed by atoms with E-state index in [0.717, 1.165) is 5.56 Å². The van der Waals surface area contributed by atoms with E-state index in [4.69, 9.17) is 19.3 Å². The van der Waals surface area contributed by atoms with Gasteiger partial charge in [0, 0.05) is 6.54 Å². The van der Waals surface area contributed by atoms with Crippen molar-refractivity contribution in [1.82, 2.24) is 5.32 Å². The predicted molar refractivity (Wildman–Crippen MR) is 99.8 cm³/mol. The van der Waals surface area contributed by atoms with E-state index in [1.165, 1.54) is 19.2 Å². The topological polar surface area (TPSA) is 94.1 Å². The van der Waals surface area contributed by atoms with Gasteiger partial charge < -0.3 is 24.6 Å². The number of hydrogen-bond acceptors (Lipinski definition) is 5. The molecule has 0 aromatic heterocycles. The van der Waals surface area contributed by atoms with Gasteiger partial charge in [0.05, 0.1) is 19.3 Å². The van der Waals surface area contributed by atoms with Crippen molar-refractivity contribution in [2.45, 2.75) is 13.3 Å². The molecule has 0 radical (unpaired) electrons. The van der Waals surface area contributed by atoms with E-state index in [-0.39, 0.29) is 18.1 Å². The molecule has 0 aliphatic carbocycles. The normalized spacial score (nSPS) is 10.1. The van der Waals surface area contributed by atoms with Gasteiger partial charge in [0.2, 0.25) is 0 Å². The molecular formula is C20H23NO6. The van der Waals surface area contributed by atoms with Crippen LogP contribution in [0.4, 0.5) is 0 Å². The first-order valence-electron chi connectivity index (χ1n) is 8.56. The van der Waals surface area contributed by atoms with Crippen LogP contribution in [-0.2, 0) is 11.2 Å². The third-order valence-corrected chi connectivity index (χ3v) is 3.76. The molecular weight excluding hydrogens is 350 g/mol. The third-order valence-electron chi connectivity index (χ3n) is 3.76. The van der Waals surface area contributed by atoms with E-state index in [1.807, 2.05) is 19.1 Å². The number of nitrogens with one attached hydrogen (secondary N) is 1. The van der Waals surface area contributed by atoms with Gasteiger partial charge in [0.15, 0.2) is 18.1 Å². The highest BCUT2D eigenvalue weighted by Gasteiger charge is 2.10. The first-order valence-corrected chi connectivity index (χ1v) is 8.56. The number of carbonyl (C=O) groups is 2. The Kier molecular flexibility index (Phi) is 7.49. The molecule has 2 rings (SSSR count). The lowest BCUT2D eigenvalue weighted by atomic mass is 10.1. The molecule has 27 heavy (non-hydrogen) atoms. The van der Waals surface area contributed by atoms with Crippen LogP contribution in [0.25, 0.3) is 0 Å². The highest BCUT2D eigenvalue weighted by molar-refractivity contribution is 5.88. The molecule has 144 valence electrons. The molecule has 0 aliphatic heterocycles. The second kappa shape index (κ2) is 10.1. The molecule has 2 N–H and O–H groups in total. The van der Waals surface area contributed by atoms with Gasteiger partial charge in [-0.3, -0.25) is 4.79 Å². The molecule has 0 heterocycles. The van der Waals surface area contributed by atoms with E-state index in [0.29, 0.717) is 36.8 Å². The number of amides is 1. The number of para-hydroxylation sites is 2. The van der Waals surface area contributed by atoms with Gasteiger partial charge in [0.25, 0.3) is 5.91 Å². The molecule has 0 bridgehead atoms. The van der Waals surface area contributed by atoms with Gasteiger partial charge in [-0.2, -0.15) is 0 Å². The van der Waals surface area contributed by atoms with Crippen LogP contribution in [0, 0.1) is 0 Å². The van der Waals surface area contributed by atoms with E-state index in [9.17, 15) is 9.59 Å². The van der Waals surface area contributed by atoms with Gasteiger partial charge >= 0.3 is 5.97 Å². The van der Waals surface area contributed by atoms with E-state index in [2.05, 4.69) is 5.32 Å². The minimum Gasteiger partial charge on any atom is -0.496 e. The summed E-state index contributed by atoms with van der Waals surface area (Å²) in [6.07, 6.45) is 0.504. The third kappa shape index (κ3) is 5.91. The van der Waals surface area contributed by atoms with Gasteiger partial charge in [-0.1, -0.05) is 18.2 Å². The highest BCUT2D eigenvalue weighted by atomic mass is 16.5. The summed E-state index contributed by atoms with van der Waals surface area (Å²) < 4.78 is 16.2. The lowest BCUT2D eigenvalue weighted by molar-refractivity contribution is -0.123. The van der Waals surface area contributed by atoms with Crippen LogP contribution in [0.1, 0.15) is 22.8 Å². The standard InChI is InChI=1S/C20H23NO6/c1-3-26-16-6-4-5-7-17(16)27-13-19(22)21-11-10-14-8-9-15(20(23)24)12-18(14)25-2/h4-9,12H,3,10-11,13H2,1-2H3,(H,21,22)(H,23,24). The first kappa shape index (κ1) is 20.1. The molecule has 2 aromatic carbocycles. The first-order chi connectivity index (χ1) is 13.0. The second-order valence-corrected chi connectivity index (χ2v) is 5.60. The Bertz CT molecular complexity index is 790. The zero-order valence-electron chi connectivity index (χ0n) is 15.4. The maximum Gasteiger partial charge on any atom is 0.335 e. The summed E-state index contributed by atoms with van der Waals surface area (Å²) in [6, 6.07) is 11.8. The van der Waals surface area contributed by atoms with Crippen molar-refractivity contribution in [2.24, 2.45) is 0 Å². The maximum atomic E-state index is 12.0. The fourth-order valence-electron chi connectivity index (χ4n) is 2.46. The maximum absolute atomic E-state index is 12.0. The van der Waals surface area contributed by atoms with Crippen molar-refractivity contribution >= 4 is 11.9 Å².